The number of rotatable bonds is 4. The Hall–Kier alpha value is -1.36. The van der Waals surface area contributed by atoms with E-state index in [0.29, 0.717) is 24.3 Å². The summed E-state index contributed by atoms with van der Waals surface area (Å²) in [6, 6.07) is 0. The monoisotopic (exact) mass is 389 g/mol. The first-order chi connectivity index (χ1) is 13.7. The molecule has 2 aliphatic heterocycles. The van der Waals surface area contributed by atoms with Gasteiger partial charge >= 0.3 is 11.9 Å². The van der Waals surface area contributed by atoms with E-state index in [1.54, 1.807) is 5.06 Å². The highest BCUT2D eigenvalue weighted by molar-refractivity contribution is 5.92. The Morgan fingerprint density at radius 1 is 0.857 bits per heavy atom. The first kappa shape index (κ1) is 19.9. The second kappa shape index (κ2) is 8.98. The maximum atomic E-state index is 12.4. The highest BCUT2D eigenvalue weighted by Gasteiger charge is 2.49. The van der Waals surface area contributed by atoms with Crippen molar-refractivity contribution in [3.05, 3.63) is 12.2 Å². The number of fused-ring (bicyclic) bond motifs is 1. The van der Waals surface area contributed by atoms with Gasteiger partial charge in [0.05, 0.1) is 0 Å². The maximum absolute atomic E-state index is 12.4. The fourth-order valence-corrected chi connectivity index (χ4v) is 6.17. The summed E-state index contributed by atoms with van der Waals surface area (Å²) in [4.78, 5) is 30.2. The van der Waals surface area contributed by atoms with Gasteiger partial charge in [-0.25, -0.2) is 9.59 Å². The van der Waals surface area contributed by atoms with E-state index < -0.39 is 17.7 Å². The average Bonchev–Trinajstić information content (AvgIpc) is 2.73. The lowest BCUT2D eigenvalue weighted by Crippen LogP contribution is -2.57. The van der Waals surface area contributed by atoms with Gasteiger partial charge in [-0.2, -0.15) is 0 Å². The highest BCUT2D eigenvalue weighted by Crippen LogP contribution is 2.47. The summed E-state index contributed by atoms with van der Waals surface area (Å²) < 4.78 is 6.07. The van der Waals surface area contributed by atoms with Gasteiger partial charge in [0, 0.05) is 31.5 Å². The van der Waals surface area contributed by atoms with Crippen LogP contribution in [-0.4, -0.2) is 29.3 Å². The second-order valence-corrected chi connectivity index (χ2v) is 9.33. The summed E-state index contributed by atoms with van der Waals surface area (Å²) in [6.45, 7) is 0.648. The standard InChI is InChI=1S/C23H35NO4/c25-21-13-14-22(26)28-24-16-8-7-15-23(24,27-21)17-20(18-9-3-1-4-10-18)19-11-5-2-6-12-19/h13-14,18-20H,1-12,15-17H2/b14-13-. The van der Waals surface area contributed by atoms with Crippen LogP contribution in [0.15, 0.2) is 12.2 Å². The zero-order valence-corrected chi connectivity index (χ0v) is 17.1. The Morgan fingerprint density at radius 3 is 2.11 bits per heavy atom. The van der Waals surface area contributed by atoms with Crippen LogP contribution in [0.3, 0.4) is 0 Å². The summed E-state index contributed by atoms with van der Waals surface area (Å²) in [7, 11) is 0. The molecule has 28 heavy (non-hydrogen) atoms. The Labute approximate surface area is 168 Å². The molecule has 5 nitrogen and oxygen atoms in total. The van der Waals surface area contributed by atoms with Gasteiger partial charge in [0.1, 0.15) is 0 Å². The summed E-state index contributed by atoms with van der Waals surface area (Å²) in [6.07, 6.45) is 19.1. The van der Waals surface area contributed by atoms with E-state index in [2.05, 4.69) is 0 Å². The molecule has 4 rings (SSSR count). The molecule has 0 bridgehead atoms. The number of carbonyl (C=O) groups excluding carboxylic acids is 2. The third-order valence-corrected chi connectivity index (χ3v) is 7.54. The van der Waals surface area contributed by atoms with Crippen molar-refractivity contribution >= 4 is 11.9 Å². The van der Waals surface area contributed by atoms with Crippen LogP contribution < -0.4 is 0 Å². The summed E-state index contributed by atoms with van der Waals surface area (Å²) in [5.41, 5.74) is -0.782. The van der Waals surface area contributed by atoms with Gasteiger partial charge in [-0.3, -0.25) is 0 Å². The Kier molecular flexibility index (Phi) is 6.39. The van der Waals surface area contributed by atoms with Crippen molar-refractivity contribution in [2.45, 2.75) is 95.6 Å². The van der Waals surface area contributed by atoms with Crippen LogP contribution in [0.5, 0.6) is 0 Å². The van der Waals surface area contributed by atoms with Crippen molar-refractivity contribution < 1.29 is 19.2 Å². The molecule has 0 aromatic carbocycles. The normalized spacial score (nSPS) is 32.2. The van der Waals surface area contributed by atoms with Crippen LogP contribution in [0.1, 0.15) is 89.9 Å². The zero-order chi connectivity index (χ0) is 19.4. The lowest BCUT2D eigenvalue weighted by molar-refractivity contribution is -0.301. The molecule has 3 fully saturated rings. The third kappa shape index (κ3) is 4.45. The topological polar surface area (TPSA) is 55.8 Å². The molecular weight excluding hydrogens is 354 g/mol. The molecule has 156 valence electrons. The van der Waals surface area contributed by atoms with Gasteiger partial charge in [-0.15, -0.1) is 0 Å². The first-order valence-corrected chi connectivity index (χ1v) is 11.6. The molecule has 5 heteroatoms. The van der Waals surface area contributed by atoms with E-state index in [-0.39, 0.29) is 0 Å². The predicted octanol–water partition coefficient (Wildman–Crippen LogP) is 4.91. The number of piperidine rings is 1. The predicted molar refractivity (Wildman–Crippen MR) is 106 cm³/mol. The van der Waals surface area contributed by atoms with E-state index in [1.165, 1.54) is 76.4 Å². The summed E-state index contributed by atoms with van der Waals surface area (Å²) >= 11 is 0. The lowest BCUT2D eigenvalue weighted by Gasteiger charge is -2.49. The minimum Gasteiger partial charge on any atom is -0.437 e. The summed E-state index contributed by atoms with van der Waals surface area (Å²) in [5.74, 6) is 1.11. The van der Waals surface area contributed by atoms with Gasteiger partial charge in [0.15, 0.2) is 5.72 Å². The molecular formula is C23H35NO4. The molecule has 2 heterocycles. The Morgan fingerprint density at radius 2 is 1.46 bits per heavy atom. The summed E-state index contributed by atoms with van der Waals surface area (Å²) in [5, 5.41) is 1.72. The van der Waals surface area contributed by atoms with Crippen molar-refractivity contribution in [1.82, 2.24) is 5.06 Å². The minimum absolute atomic E-state index is 0.408. The molecule has 0 aromatic rings. The second-order valence-electron chi connectivity index (χ2n) is 9.33. The number of hydroxylamine groups is 2. The van der Waals surface area contributed by atoms with Crippen molar-refractivity contribution in [2.24, 2.45) is 17.8 Å². The average molecular weight is 390 g/mol. The van der Waals surface area contributed by atoms with E-state index in [4.69, 9.17) is 9.57 Å². The van der Waals surface area contributed by atoms with Crippen molar-refractivity contribution in [2.75, 3.05) is 6.54 Å². The molecule has 2 saturated carbocycles. The molecule has 1 saturated heterocycles. The maximum Gasteiger partial charge on any atom is 0.350 e. The fraction of sp³-hybridized carbons (Fsp3) is 0.826. The van der Waals surface area contributed by atoms with Crippen LogP contribution in [0.25, 0.3) is 0 Å². The molecule has 1 atom stereocenters. The van der Waals surface area contributed by atoms with Crippen molar-refractivity contribution in [3.63, 3.8) is 0 Å². The third-order valence-electron chi connectivity index (χ3n) is 7.54. The number of ether oxygens (including phenoxy) is 1. The highest BCUT2D eigenvalue weighted by atomic mass is 16.7. The lowest BCUT2D eigenvalue weighted by atomic mass is 9.66. The molecule has 4 aliphatic rings. The van der Waals surface area contributed by atoms with E-state index in [9.17, 15) is 9.59 Å². The van der Waals surface area contributed by atoms with Crippen LogP contribution in [-0.2, 0) is 19.2 Å². The molecule has 0 amide bonds. The molecule has 0 N–H and O–H groups in total. The minimum atomic E-state index is -0.782. The smallest absolute Gasteiger partial charge is 0.350 e. The molecule has 2 aliphatic carbocycles. The van der Waals surface area contributed by atoms with Gasteiger partial charge in [0.25, 0.3) is 0 Å². The molecule has 1 unspecified atom stereocenters. The Balaban J connectivity index is 1.61. The van der Waals surface area contributed by atoms with Crippen molar-refractivity contribution in [1.29, 1.82) is 0 Å². The van der Waals surface area contributed by atoms with E-state index >= 15 is 0 Å². The van der Waals surface area contributed by atoms with E-state index in [0.717, 1.165) is 25.7 Å². The number of esters is 1. The van der Waals surface area contributed by atoms with Gasteiger partial charge in [0.2, 0.25) is 0 Å². The van der Waals surface area contributed by atoms with Crippen LogP contribution in [0.2, 0.25) is 0 Å². The van der Waals surface area contributed by atoms with Crippen LogP contribution >= 0.6 is 0 Å². The number of carbonyl (C=O) groups is 2. The van der Waals surface area contributed by atoms with E-state index in [1.807, 2.05) is 0 Å². The number of nitrogens with zero attached hydrogens (tertiary/aromatic N) is 1. The molecule has 0 radical (unpaired) electrons. The van der Waals surface area contributed by atoms with Gasteiger partial charge in [-0.05, 0) is 30.6 Å². The van der Waals surface area contributed by atoms with Crippen LogP contribution in [0, 0.1) is 17.8 Å². The zero-order valence-electron chi connectivity index (χ0n) is 17.1. The molecule has 0 spiro atoms. The number of hydrogen-bond donors (Lipinski definition) is 0. The largest absolute Gasteiger partial charge is 0.437 e. The quantitative estimate of drug-likeness (QED) is 0.640. The van der Waals surface area contributed by atoms with Crippen molar-refractivity contribution in [3.8, 4) is 0 Å². The van der Waals surface area contributed by atoms with Gasteiger partial charge in [-0.1, -0.05) is 69.3 Å². The SMILES string of the molecule is O=C1/C=C\C(=O)OC2(CC(C3CCCCC3)C3CCCCC3)CCCCN2O1. The molecule has 0 aromatic heterocycles. The Bertz CT molecular complexity index is 573. The van der Waals surface area contributed by atoms with Gasteiger partial charge < -0.3 is 9.57 Å². The fourth-order valence-electron chi connectivity index (χ4n) is 6.17. The number of hydrogen-bond acceptors (Lipinski definition) is 5. The van der Waals surface area contributed by atoms with Crippen LogP contribution in [0.4, 0.5) is 0 Å². The first-order valence-electron chi connectivity index (χ1n) is 11.6.